The minimum absolute atomic E-state index is 0.0685. The maximum atomic E-state index is 6.34. The summed E-state index contributed by atoms with van der Waals surface area (Å²) in [6, 6.07) is 8.37. The SMILES string of the molecule is Cc1ccccc1COCC1(N)CCCCC1. The van der Waals surface area contributed by atoms with Gasteiger partial charge in [-0.15, -0.1) is 0 Å². The van der Waals surface area contributed by atoms with Crippen LogP contribution in [0.5, 0.6) is 0 Å². The maximum absolute atomic E-state index is 6.34. The van der Waals surface area contributed by atoms with Gasteiger partial charge in [0.15, 0.2) is 0 Å². The molecule has 1 aromatic carbocycles. The van der Waals surface area contributed by atoms with Crippen molar-refractivity contribution in [1.29, 1.82) is 0 Å². The van der Waals surface area contributed by atoms with Gasteiger partial charge in [-0.25, -0.2) is 0 Å². The lowest BCUT2D eigenvalue weighted by Gasteiger charge is -2.33. The summed E-state index contributed by atoms with van der Waals surface area (Å²) in [7, 11) is 0. The standard InChI is InChI=1S/C15H23NO/c1-13-7-3-4-8-14(13)11-17-12-15(16)9-5-2-6-10-15/h3-4,7-8H,2,5-6,9-12,16H2,1H3. The van der Waals surface area contributed by atoms with Crippen molar-refractivity contribution in [2.24, 2.45) is 5.73 Å². The third-order valence-electron chi connectivity index (χ3n) is 3.76. The number of benzene rings is 1. The van der Waals surface area contributed by atoms with Crippen molar-refractivity contribution in [2.45, 2.75) is 51.2 Å². The van der Waals surface area contributed by atoms with E-state index in [9.17, 15) is 0 Å². The highest BCUT2D eigenvalue weighted by Crippen LogP contribution is 2.26. The third kappa shape index (κ3) is 3.55. The fourth-order valence-electron chi connectivity index (χ4n) is 2.54. The van der Waals surface area contributed by atoms with E-state index in [1.54, 1.807) is 0 Å². The van der Waals surface area contributed by atoms with Crippen LogP contribution in [0.2, 0.25) is 0 Å². The Morgan fingerprint density at radius 3 is 2.59 bits per heavy atom. The summed E-state index contributed by atoms with van der Waals surface area (Å²) in [5, 5.41) is 0. The second-order valence-corrected chi connectivity index (χ2v) is 5.34. The van der Waals surface area contributed by atoms with Gasteiger partial charge in [-0.2, -0.15) is 0 Å². The van der Waals surface area contributed by atoms with E-state index in [0.29, 0.717) is 13.2 Å². The van der Waals surface area contributed by atoms with Crippen molar-refractivity contribution in [1.82, 2.24) is 0 Å². The Kier molecular flexibility index (Phi) is 4.19. The molecule has 17 heavy (non-hydrogen) atoms. The van der Waals surface area contributed by atoms with Gasteiger partial charge in [-0.3, -0.25) is 0 Å². The largest absolute Gasteiger partial charge is 0.375 e. The van der Waals surface area contributed by atoms with Crippen LogP contribution in [0.3, 0.4) is 0 Å². The topological polar surface area (TPSA) is 35.2 Å². The molecule has 94 valence electrons. The molecule has 0 saturated heterocycles. The second-order valence-electron chi connectivity index (χ2n) is 5.34. The normalized spacial score (nSPS) is 19.2. The number of ether oxygens (including phenoxy) is 1. The first-order valence-corrected chi connectivity index (χ1v) is 6.61. The first-order chi connectivity index (χ1) is 8.20. The summed E-state index contributed by atoms with van der Waals surface area (Å²) in [6.07, 6.45) is 6.06. The van der Waals surface area contributed by atoms with Gasteiger partial charge in [0.1, 0.15) is 0 Å². The van der Waals surface area contributed by atoms with Crippen molar-refractivity contribution in [3.63, 3.8) is 0 Å². The van der Waals surface area contributed by atoms with Crippen LogP contribution in [0.15, 0.2) is 24.3 Å². The van der Waals surface area contributed by atoms with Crippen molar-refractivity contribution < 1.29 is 4.74 Å². The van der Waals surface area contributed by atoms with Gasteiger partial charge >= 0.3 is 0 Å². The third-order valence-corrected chi connectivity index (χ3v) is 3.76. The number of aryl methyl sites for hydroxylation is 1. The molecule has 0 amide bonds. The fraction of sp³-hybridized carbons (Fsp3) is 0.600. The molecule has 2 rings (SSSR count). The molecule has 0 heterocycles. The average molecular weight is 233 g/mol. The predicted octanol–water partition coefficient (Wildman–Crippen LogP) is 3.17. The lowest BCUT2D eigenvalue weighted by molar-refractivity contribution is 0.0572. The highest BCUT2D eigenvalue weighted by Gasteiger charge is 2.27. The van der Waals surface area contributed by atoms with Gasteiger partial charge in [-0.05, 0) is 30.9 Å². The summed E-state index contributed by atoms with van der Waals surface area (Å²) >= 11 is 0. The van der Waals surface area contributed by atoms with Gasteiger partial charge in [0.25, 0.3) is 0 Å². The van der Waals surface area contributed by atoms with Gasteiger partial charge in [-0.1, -0.05) is 43.5 Å². The zero-order valence-corrected chi connectivity index (χ0v) is 10.7. The Hall–Kier alpha value is -0.860. The molecule has 0 aliphatic heterocycles. The molecule has 2 N–H and O–H groups in total. The maximum Gasteiger partial charge on any atom is 0.0720 e. The summed E-state index contributed by atoms with van der Waals surface area (Å²) in [4.78, 5) is 0. The molecule has 1 aromatic rings. The van der Waals surface area contributed by atoms with E-state index in [0.717, 1.165) is 12.8 Å². The quantitative estimate of drug-likeness (QED) is 0.867. The first kappa shape index (κ1) is 12.6. The Balaban J connectivity index is 1.81. The van der Waals surface area contributed by atoms with Gasteiger partial charge in [0.05, 0.1) is 13.2 Å². The minimum atomic E-state index is -0.0685. The van der Waals surface area contributed by atoms with Crippen LogP contribution >= 0.6 is 0 Å². The summed E-state index contributed by atoms with van der Waals surface area (Å²) in [5.41, 5.74) is 8.83. The van der Waals surface area contributed by atoms with Crippen LogP contribution in [0.25, 0.3) is 0 Å². The molecular weight excluding hydrogens is 210 g/mol. The Morgan fingerprint density at radius 1 is 1.18 bits per heavy atom. The van der Waals surface area contributed by atoms with E-state index >= 15 is 0 Å². The number of hydrogen-bond donors (Lipinski definition) is 1. The van der Waals surface area contributed by atoms with E-state index in [-0.39, 0.29) is 5.54 Å². The molecule has 2 nitrogen and oxygen atoms in total. The molecule has 1 aliphatic carbocycles. The molecule has 1 saturated carbocycles. The molecule has 0 unspecified atom stereocenters. The van der Waals surface area contributed by atoms with E-state index in [1.807, 2.05) is 0 Å². The summed E-state index contributed by atoms with van der Waals surface area (Å²) in [6.45, 7) is 3.50. The fourth-order valence-corrected chi connectivity index (χ4v) is 2.54. The van der Waals surface area contributed by atoms with Crippen LogP contribution in [-0.4, -0.2) is 12.1 Å². The lowest BCUT2D eigenvalue weighted by atomic mass is 9.83. The molecule has 0 aromatic heterocycles. The number of nitrogens with two attached hydrogens (primary N) is 1. The molecule has 1 aliphatic rings. The monoisotopic (exact) mass is 233 g/mol. The summed E-state index contributed by atoms with van der Waals surface area (Å²) < 4.78 is 5.82. The highest BCUT2D eigenvalue weighted by atomic mass is 16.5. The van der Waals surface area contributed by atoms with Gasteiger partial charge in [0.2, 0.25) is 0 Å². The predicted molar refractivity (Wildman–Crippen MR) is 70.8 cm³/mol. The van der Waals surface area contributed by atoms with E-state index in [1.165, 1.54) is 30.4 Å². The lowest BCUT2D eigenvalue weighted by Crippen LogP contribution is -2.46. The zero-order chi connectivity index (χ0) is 12.1. The van der Waals surface area contributed by atoms with Crippen molar-refractivity contribution in [3.05, 3.63) is 35.4 Å². The molecule has 0 spiro atoms. The Morgan fingerprint density at radius 2 is 1.88 bits per heavy atom. The zero-order valence-electron chi connectivity index (χ0n) is 10.7. The Labute approximate surface area is 104 Å². The van der Waals surface area contributed by atoms with Gasteiger partial charge < -0.3 is 10.5 Å². The van der Waals surface area contributed by atoms with E-state index in [2.05, 4.69) is 31.2 Å². The van der Waals surface area contributed by atoms with Crippen LogP contribution in [0.1, 0.15) is 43.2 Å². The molecular formula is C15H23NO. The van der Waals surface area contributed by atoms with Crippen molar-refractivity contribution in [2.75, 3.05) is 6.61 Å². The second kappa shape index (κ2) is 5.65. The molecule has 0 bridgehead atoms. The van der Waals surface area contributed by atoms with Crippen LogP contribution < -0.4 is 5.73 Å². The van der Waals surface area contributed by atoms with E-state index < -0.39 is 0 Å². The molecule has 0 radical (unpaired) electrons. The van der Waals surface area contributed by atoms with Crippen LogP contribution in [0.4, 0.5) is 0 Å². The van der Waals surface area contributed by atoms with Crippen LogP contribution in [0, 0.1) is 6.92 Å². The minimum Gasteiger partial charge on any atom is -0.375 e. The molecule has 1 fully saturated rings. The average Bonchev–Trinajstić information content (AvgIpc) is 2.32. The van der Waals surface area contributed by atoms with E-state index in [4.69, 9.17) is 10.5 Å². The summed E-state index contributed by atoms with van der Waals surface area (Å²) in [5.74, 6) is 0. The first-order valence-electron chi connectivity index (χ1n) is 6.61. The molecule has 0 atom stereocenters. The Bertz CT molecular complexity index is 356. The van der Waals surface area contributed by atoms with Gasteiger partial charge in [0, 0.05) is 5.54 Å². The smallest absolute Gasteiger partial charge is 0.0720 e. The number of rotatable bonds is 4. The number of hydrogen-bond acceptors (Lipinski definition) is 2. The molecule has 2 heteroatoms. The van der Waals surface area contributed by atoms with Crippen molar-refractivity contribution in [3.8, 4) is 0 Å². The highest BCUT2D eigenvalue weighted by molar-refractivity contribution is 5.24. The van der Waals surface area contributed by atoms with Crippen molar-refractivity contribution >= 4 is 0 Å². The van der Waals surface area contributed by atoms with Crippen LogP contribution in [-0.2, 0) is 11.3 Å².